The van der Waals surface area contributed by atoms with Crippen LogP contribution in [0.5, 0.6) is 0 Å². The average molecular weight is 271 g/mol. The Bertz CT molecular complexity index is 283. The summed E-state index contributed by atoms with van der Waals surface area (Å²) in [5.41, 5.74) is 0.288. The summed E-state index contributed by atoms with van der Waals surface area (Å²) in [5.74, 6) is 1.77. The Morgan fingerprint density at radius 3 is 2.67 bits per heavy atom. The van der Waals surface area contributed by atoms with Crippen molar-refractivity contribution in [3.8, 4) is 0 Å². The summed E-state index contributed by atoms with van der Waals surface area (Å²) in [7, 11) is 0. The fourth-order valence-electron chi connectivity index (χ4n) is 4.89. The van der Waals surface area contributed by atoms with Gasteiger partial charge in [0.25, 0.3) is 0 Å². The largest absolute Gasteiger partial charge is 0.359 e. The number of alkyl halides is 1. The average Bonchev–Trinajstić information content (AvgIpc) is 2.81. The molecule has 0 spiro atoms. The van der Waals surface area contributed by atoms with Gasteiger partial charge in [-0.2, -0.15) is 0 Å². The third-order valence-corrected chi connectivity index (χ3v) is 6.13. The molecule has 0 amide bonds. The fourth-order valence-corrected chi connectivity index (χ4v) is 5.32. The minimum atomic E-state index is -0.0221. The number of rotatable bonds is 3. The number of fused-ring (bicyclic) bond motifs is 2. The summed E-state index contributed by atoms with van der Waals surface area (Å²) in [5, 5.41) is 0. The van der Waals surface area contributed by atoms with E-state index in [-0.39, 0.29) is 5.56 Å². The lowest BCUT2D eigenvalue weighted by Crippen LogP contribution is -2.44. The maximum Gasteiger partial charge on any atom is 0.137 e. The smallest absolute Gasteiger partial charge is 0.137 e. The van der Waals surface area contributed by atoms with Crippen molar-refractivity contribution in [1.82, 2.24) is 0 Å². The van der Waals surface area contributed by atoms with Crippen LogP contribution < -0.4 is 0 Å². The van der Waals surface area contributed by atoms with Gasteiger partial charge in [-0.3, -0.25) is 0 Å². The van der Waals surface area contributed by atoms with Crippen molar-refractivity contribution >= 4 is 11.6 Å². The quantitative estimate of drug-likeness (QED) is 0.647. The zero-order valence-electron chi connectivity index (χ0n) is 11.7. The molecule has 0 aromatic carbocycles. The molecule has 3 fully saturated rings. The first-order chi connectivity index (χ1) is 8.68. The van der Waals surface area contributed by atoms with Gasteiger partial charge in [0.2, 0.25) is 0 Å². The molecule has 18 heavy (non-hydrogen) atoms. The molecule has 0 aromatic heterocycles. The standard InChI is InChI=1S/C16H27ClO/c1-12-9-13-5-4-8-16(10-12,11-13)15(17)18-14-6-2-3-7-14/h12-15H,2-11H2,1H3. The molecule has 0 saturated heterocycles. The topological polar surface area (TPSA) is 9.23 Å². The molecule has 0 N–H and O–H groups in total. The van der Waals surface area contributed by atoms with Gasteiger partial charge in [-0.1, -0.05) is 44.2 Å². The van der Waals surface area contributed by atoms with E-state index in [2.05, 4.69) is 6.92 Å². The molecular formula is C16H27ClO. The van der Waals surface area contributed by atoms with E-state index in [0.29, 0.717) is 11.5 Å². The molecule has 2 heteroatoms. The van der Waals surface area contributed by atoms with E-state index in [1.807, 2.05) is 0 Å². The molecular weight excluding hydrogens is 244 g/mol. The van der Waals surface area contributed by atoms with Crippen LogP contribution in [0.25, 0.3) is 0 Å². The number of ether oxygens (including phenoxy) is 1. The molecule has 0 heterocycles. The summed E-state index contributed by atoms with van der Waals surface area (Å²) in [4.78, 5) is 0. The van der Waals surface area contributed by atoms with Crippen molar-refractivity contribution in [2.75, 3.05) is 0 Å². The molecule has 3 aliphatic carbocycles. The normalized spacial score (nSPS) is 43.0. The van der Waals surface area contributed by atoms with E-state index in [4.69, 9.17) is 16.3 Å². The van der Waals surface area contributed by atoms with Gasteiger partial charge in [-0.15, -0.1) is 0 Å². The van der Waals surface area contributed by atoms with Crippen LogP contribution in [0, 0.1) is 17.3 Å². The highest BCUT2D eigenvalue weighted by Crippen LogP contribution is 2.54. The Kier molecular flexibility index (Phi) is 3.92. The van der Waals surface area contributed by atoms with Crippen LogP contribution in [0.15, 0.2) is 0 Å². The van der Waals surface area contributed by atoms with Gasteiger partial charge in [0, 0.05) is 5.41 Å². The molecule has 0 aliphatic heterocycles. The van der Waals surface area contributed by atoms with Crippen molar-refractivity contribution in [2.24, 2.45) is 17.3 Å². The van der Waals surface area contributed by atoms with Crippen LogP contribution >= 0.6 is 11.6 Å². The minimum absolute atomic E-state index is 0.0221. The van der Waals surface area contributed by atoms with E-state index in [1.165, 1.54) is 64.2 Å². The summed E-state index contributed by atoms with van der Waals surface area (Å²) in [6.45, 7) is 2.41. The monoisotopic (exact) mass is 270 g/mol. The summed E-state index contributed by atoms with van der Waals surface area (Å²) in [6.07, 6.45) is 13.7. The predicted octanol–water partition coefficient (Wildman–Crippen LogP) is 5.12. The Balaban J connectivity index is 1.67. The molecule has 3 rings (SSSR count). The summed E-state index contributed by atoms with van der Waals surface area (Å²) >= 11 is 6.74. The first-order valence-corrected chi connectivity index (χ1v) is 8.41. The van der Waals surface area contributed by atoms with Crippen LogP contribution in [0.3, 0.4) is 0 Å². The molecule has 2 bridgehead atoms. The van der Waals surface area contributed by atoms with Crippen molar-refractivity contribution in [1.29, 1.82) is 0 Å². The molecule has 104 valence electrons. The molecule has 1 nitrogen and oxygen atoms in total. The third kappa shape index (κ3) is 2.58. The summed E-state index contributed by atoms with van der Waals surface area (Å²) < 4.78 is 6.24. The third-order valence-electron chi connectivity index (χ3n) is 5.57. The molecule has 4 unspecified atom stereocenters. The second kappa shape index (κ2) is 5.32. The molecule has 0 radical (unpaired) electrons. The van der Waals surface area contributed by atoms with E-state index in [1.54, 1.807) is 0 Å². The Hall–Kier alpha value is 0.250. The van der Waals surface area contributed by atoms with Crippen molar-refractivity contribution in [3.05, 3.63) is 0 Å². The van der Waals surface area contributed by atoms with Crippen molar-refractivity contribution < 1.29 is 4.74 Å². The number of halogens is 1. The van der Waals surface area contributed by atoms with E-state index in [0.717, 1.165) is 11.8 Å². The number of hydrogen-bond donors (Lipinski definition) is 0. The lowest BCUT2D eigenvalue weighted by Gasteiger charge is -2.50. The van der Waals surface area contributed by atoms with Gasteiger partial charge in [-0.25, -0.2) is 0 Å². The van der Waals surface area contributed by atoms with Gasteiger partial charge < -0.3 is 4.74 Å². The Morgan fingerprint density at radius 2 is 1.89 bits per heavy atom. The van der Waals surface area contributed by atoms with Gasteiger partial charge in [-0.05, 0) is 50.4 Å². The van der Waals surface area contributed by atoms with Crippen LogP contribution in [0.1, 0.15) is 71.1 Å². The number of hydrogen-bond acceptors (Lipinski definition) is 1. The van der Waals surface area contributed by atoms with E-state index in [9.17, 15) is 0 Å². The predicted molar refractivity (Wildman–Crippen MR) is 75.8 cm³/mol. The second-order valence-corrected chi connectivity index (χ2v) is 7.62. The first kappa shape index (κ1) is 13.2. The van der Waals surface area contributed by atoms with E-state index < -0.39 is 0 Å². The fraction of sp³-hybridized carbons (Fsp3) is 1.00. The zero-order chi connectivity index (χ0) is 12.6. The Morgan fingerprint density at radius 1 is 1.11 bits per heavy atom. The maximum atomic E-state index is 6.74. The molecule has 3 aliphatic rings. The molecule has 3 saturated carbocycles. The highest BCUT2D eigenvalue weighted by Gasteiger charge is 2.47. The maximum absolute atomic E-state index is 6.74. The lowest BCUT2D eigenvalue weighted by molar-refractivity contribution is -0.0852. The van der Waals surface area contributed by atoms with Crippen LogP contribution in [0.4, 0.5) is 0 Å². The SMILES string of the molecule is CC1CC2CCCC(C(Cl)OC3CCCC3)(C1)C2. The van der Waals surface area contributed by atoms with Gasteiger partial charge in [0.1, 0.15) is 5.56 Å². The van der Waals surface area contributed by atoms with Crippen LogP contribution in [-0.4, -0.2) is 11.7 Å². The van der Waals surface area contributed by atoms with Gasteiger partial charge >= 0.3 is 0 Å². The van der Waals surface area contributed by atoms with E-state index >= 15 is 0 Å². The highest BCUT2D eigenvalue weighted by molar-refractivity contribution is 6.20. The Labute approximate surface area is 117 Å². The zero-order valence-corrected chi connectivity index (χ0v) is 12.4. The van der Waals surface area contributed by atoms with Crippen LogP contribution in [0.2, 0.25) is 0 Å². The van der Waals surface area contributed by atoms with Gasteiger partial charge in [0.05, 0.1) is 6.10 Å². The van der Waals surface area contributed by atoms with Crippen molar-refractivity contribution in [2.45, 2.75) is 82.8 Å². The first-order valence-electron chi connectivity index (χ1n) is 7.97. The highest BCUT2D eigenvalue weighted by atomic mass is 35.5. The summed E-state index contributed by atoms with van der Waals surface area (Å²) in [6, 6.07) is 0. The van der Waals surface area contributed by atoms with Crippen LogP contribution in [-0.2, 0) is 4.74 Å². The minimum Gasteiger partial charge on any atom is -0.359 e. The molecule has 4 atom stereocenters. The lowest BCUT2D eigenvalue weighted by atomic mass is 9.59. The van der Waals surface area contributed by atoms with Crippen molar-refractivity contribution in [3.63, 3.8) is 0 Å². The van der Waals surface area contributed by atoms with Gasteiger partial charge in [0.15, 0.2) is 0 Å². The molecule has 0 aromatic rings. The second-order valence-electron chi connectivity index (χ2n) is 7.23.